The number of benzene rings is 2. The SMILES string of the molecule is C=C/C(=C\C)C1(/C(C=C)=C/C=C(\C)OCC2CO2)c2ccccc2-c2ccccc21. The predicted molar refractivity (Wildman–Crippen MR) is 124 cm³/mol. The van der Waals surface area contributed by atoms with Crippen LogP contribution in [0.5, 0.6) is 0 Å². The molecule has 1 aliphatic carbocycles. The summed E-state index contributed by atoms with van der Waals surface area (Å²) in [5.74, 6) is 0.861. The van der Waals surface area contributed by atoms with E-state index in [1.54, 1.807) is 0 Å². The summed E-state index contributed by atoms with van der Waals surface area (Å²) in [5, 5.41) is 0. The molecule has 2 heteroatoms. The molecule has 0 aromatic heterocycles. The van der Waals surface area contributed by atoms with Crippen LogP contribution in [-0.2, 0) is 14.9 Å². The van der Waals surface area contributed by atoms with E-state index in [0.717, 1.165) is 23.5 Å². The van der Waals surface area contributed by atoms with Gasteiger partial charge in [-0.3, -0.25) is 0 Å². The van der Waals surface area contributed by atoms with E-state index in [4.69, 9.17) is 9.47 Å². The first-order chi connectivity index (χ1) is 14.7. The predicted octanol–water partition coefficient (Wildman–Crippen LogP) is 6.52. The molecule has 0 N–H and O–H groups in total. The molecule has 2 aromatic carbocycles. The van der Waals surface area contributed by atoms with Crippen molar-refractivity contribution in [2.45, 2.75) is 25.4 Å². The van der Waals surface area contributed by atoms with Crippen LogP contribution < -0.4 is 0 Å². The molecule has 0 bridgehead atoms. The molecule has 1 aliphatic heterocycles. The first-order valence-electron chi connectivity index (χ1n) is 10.4. The van der Waals surface area contributed by atoms with E-state index in [1.165, 1.54) is 22.3 Å². The minimum absolute atomic E-state index is 0.242. The molecule has 2 aromatic rings. The van der Waals surface area contributed by atoms with Crippen molar-refractivity contribution in [1.29, 1.82) is 0 Å². The van der Waals surface area contributed by atoms with E-state index in [2.05, 4.69) is 80.8 Å². The Labute approximate surface area is 179 Å². The Morgan fingerprint density at radius 3 is 2.07 bits per heavy atom. The molecule has 0 spiro atoms. The number of hydrogen-bond donors (Lipinski definition) is 0. The zero-order chi connectivity index (χ0) is 21.1. The average molecular weight is 397 g/mol. The van der Waals surface area contributed by atoms with Crippen molar-refractivity contribution in [3.8, 4) is 11.1 Å². The third-order valence-corrected chi connectivity index (χ3v) is 5.97. The Morgan fingerprint density at radius 2 is 1.57 bits per heavy atom. The van der Waals surface area contributed by atoms with Crippen LogP contribution >= 0.6 is 0 Å². The Balaban J connectivity index is 1.92. The second kappa shape index (κ2) is 8.33. The monoisotopic (exact) mass is 396 g/mol. The summed E-state index contributed by atoms with van der Waals surface area (Å²) in [6, 6.07) is 17.3. The molecule has 2 nitrogen and oxygen atoms in total. The third-order valence-electron chi connectivity index (χ3n) is 5.97. The van der Waals surface area contributed by atoms with Crippen LogP contribution in [0.1, 0.15) is 25.0 Å². The van der Waals surface area contributed by atoms with E-state index in [9.17, 15) is 0 Å². The molecular weight excluding hydrogens is 368 g/mol. The van der Waals surface area contributed by atoms with Crippen LogP contribution in [0.3, 0.4) is 0 Å². The molecule has 152 valence electrons. The van der Waals surface area contributed by atoms with Crippen molar-refractivity contribution in [3.05, 3.63) is 120 Å². The summed E-state index contributed by atoms with van der Waals surface area (Å²) in [4.78, 5) is 0. The minimum Gasteiger partial charge on any atom is -0.495 e. The number of allylic oxidation sites excluding steroid dienone is 8. The number of ether oxygens (including phenoxy) is 2. The second-order valence-corrected chi connectivity index (χ2v) is 7.66. The van der Waals surface area contributed by atoms with Gasteiger partial charge in [0.15, 0.2) is 0 Å². The Hall–Kier alpha value is -3.10. The van der Waals surface area contributed by atoms with Crippen molar-refractivity contribution < 1.29 is 9.47 Å². The summed E-state index contributed by atoms with van der Waals surface area (Å²) < 4.78 is 11.1. The molecule has 4 rings (SSSR count). The van der Waals surface area contributed by atoms with Gasteiger partial charge in [-0.25, -0.2) is 0 Å². The van der Waals surface area contributed by atoms with E-state index < -0.39 is 5.41 Å². The zero-order valence-corrected chi connectivity index (χ0v) is 17.7. The van der Waals surface area contributed by atoms with Gasteiger partial charge in [0.1, 0.15) is 12.7 Å². The van der Waals surface area contributed by atoms with Crippen LogP contribution in [-0.4, -0.2) is 19.3 Å². The summed E-state index contributed by atoms with van der Waals surface area (Å²) in [6.45, 7) is 13.8. The summed E-state index contributed by atoms with van der Waals surface area (Å²) in [6.07, 6.45) is 10.5. The Bertz CT molecular complexity index is 1020. The second-order valence-electron chi connectivity index (χ2n) is 7.66. The first-order valence-corrected chi connectivity index (χ1v) is 10.4. The quantitative estimate of drug-likeness (QED) is 0.288. The summed E-state index contributed by atoms with van der Waals surface area (Å²) in [7, 11) is 0. The fraction of sp³-hybridized carbons (Fsp3) is 0.214. The van der Waals surface area contributed by atoms with Gasteiger partial charge in [-0.2, -0.15) is 0 Å². The number of rotatable bonds is 8. The van der Waals surface area contributed by atoms with Gasteiger partial charge in [0.2, 0.25) is 0 Å². The molecule has 0 saturated carbocycles. The molecule has 30 heavy (non-hydrogen) atoms. The minimum atomic E-state index is -0.457. The maximum Gasteiger partial charge on any atom is 0.116 e. The topological polar surface area (TPSA) is 21.8 Å². The van der Waals surface area contributed by atoms with Crippen molar-refractivity contribution in [2.24, 2.45) is 0 Å². The highest BCUT2D eigenvalue weighted by Crippen LogP contribution is 2.56. The van der Waals surface area contributed by atoms with Crippen molar-refractivity contribution in [1.82, 2.24) is 0 Å². The van der Waals surface area contributed by atoms with E-state index in [0.29, 0.717) is 6.61 Å². The average Bonchev–Trinajstić information content (AvgIpc) is 3.57. The van der Waals surface area contributed by atoms with Crippen LogP contribution in [0, 0.1) is 0 Å². The van der Waals surface area contributed by atoms with Gasteiger partial charge in [0.25, 0.3) is 0 Å². The van der Waals surface area contributed by atoms with E-state index in [1.807, 2.05) is 25.2 Å². The lowest BCUT2D eigenvalue weighted by Crippen LogP contribution is -2.29. The highest BCUT2D eigenvalue weighted by Gasteiger charge is 2.46. The van der Waals surface area contributed by atoms with E-state index in [-0.39, 0.29) is 6.10 Å². The van der Waals surface area contributed by atoms with Gasteiger partial charge in [-0.15, -0.1) is 0 Å². The molecule has 2 aliphatic rings. The van der Waals surface area contributed by atoms with Gasteiger partial charge in [0, 0.05) is 0 Å². The molecule has 1 saturated heterocycles. The summed E-state index contributed by atoms with van der Waals surface area (Å²) >= 11 is 0. The molecular formula is C28H28O2. The highest BCUT2D eigenvalue weighted by atomic mass is 16.6. The largest absolute Gasteiger partial charge is 0.495 e. The summed E-state index contributed by atoms with van der Waals surface area (Å²) in [5.41, 5.74) is 6.80. The normalized spacial score (nSPS) is 19.7. The number of fused-ring (bicyclic) bond motifs is 3. The lowest BCUT2D eigenvalue weighted by Gasteiger charge is -2.35. The molecule has 0 amide bonds. The molecule has 1 atom stereocenters. The molecule has 1 heterocycles. The Kier molecular flexibility index (Phi) is 5.61. The maximum atomic E-state index is 5.83. The van der Waals surface area contributed by atoms with Crippen LogP contribution in [0.4, 0.5) is 0 Å². The lowest BCUT2D eigenvalue weighted by molar-refractivity contribution is 0.185. The van der Waals surface area contributed by atoms with E-state index >= 15 is 0 Å². The van der Waals surface area contributed by atoms with Crippen LogP contribution in [0.15, 0.2) is 109 Å². The fourth-order valence-electron chi connectivity index (χ4n) is 4.50. The van der Waals surface area contributed by atoms with Crippen molar-refractivity contribution >= 4 is 0 Å². The fourth-order valence-corrected chi connectivity index (χ4v) is 4.50. The first kappa shape index (κ1) is 20.2. The van der Waals surface area contributed by atoms with Gasteiger partial charge in [0.05, 0.1) is 17.8 Å². The number of epoxide rings is 1. The van der Waals surface area contributed by atoms with Gasteiger partial charge in [-0.05, 0) is 53.3 Å². The standard InChI is InChI=1S/C28H28O2/c1-5-21(6-2)28(22(7-3)17-16-20(4)29-18-23-19-30-23)26-14-10-8-12-24(26)25-13-9-11-15-27(25)28/h5-17,23H,1,3,18-19H2,2,4H3/b20-16+,21-6+,22-17+. The van der Waals surface area contributed by atoms with Crippen molar-refractivity contribution in [3.63, 3.8) is 0 Å². The molecule has 1 unspecified atom stereocenters. The van der Waals surface area contributed by atoms with Gasteiger partial charge >= 0.3 is 0 Å². The van der Waals surface area contributed by atoms with Gasteiger partial charge < -0.3 is 9.47 Å². The smallest absolute Gasteiger partial charge is 0.116 e. The van der Waals surface area contributed by atoms with Gasteiger partial charge in [-0.1, -0.05) is 86.0 Å². The third kappa shape index (κ3) is 3.28. The number of hydrogen-bond acceptors (Lipinski definition) is 2. The Morgan fingerprint density at radius 1 is 1.00 bits per heavy atom. The van der Waals surface area contributed by atoms with Crippen LogP contribution in [0.25, 0.3) is 11.1 Å². The zero-order valence-electron chi connectivity index (χ0n) is 17.7. The highest BCUT2D eigenvalue weighted by molar-refractivity contribution is 5.87. The van der Waals surface area contributed by atoms with Crippen molar-refractivity contribution in [2.75, 3.05) is 13.2 Å². The molecule has 0 radical (unpaired) electrons. The maximum absolute atomic E-state index is 5.83. The van der Waals surface area contributed by atoms with Crippen LogP contribution in [0.2, 0.25) is 0 Å². The molecule has 1 fully saturated rings. The lowest BCUT2D eigenvalue weighted by atomic mass is 9.66.